The standard InChI is InChI=1S/C16H17BrO/c17-12-15(9-13-5-2-1-3-6-13)10-14-7-4-8-16(18)11-14/h1-8,11,15,18H,9-10,12H2. The third-order valence-electron chi connectivity index (χ3n) is 3.02. The second-order valence-electron chi connectivity index (χ2n) is 4.58. The van der Waals surface area contributed by atoms with E-state index in [1.165, 1.54) is 11.1 Å². The van der Waals surface area contributed by atoms with Crippen molar-refractivity contribution in [1.29, 1.82) is 0 Å². The van der Waals surface area contributed by atoms with Crippen LogP contribution < -0.4 is 0 Å². The molecule has 0 bridgehead atoms. The number of hydrogen-bond donors (Lipinski definition) is 1. The Balaban J connectivity index is 2.01. The van der Waals surface area contributed by atoms with Crippen molar-refractivity contribution >= 4 is 15.9 Å². The Morgan fingerprint density at radius 1 is 0.889 bits per heavy atom. The van der Waals surface area contributed by atoms with Gasteiger partial charge in [-0.3, -0.25) is 0 Å². The van der Waals surface area contributed by atoms with Gasteiger partial charge in [0.05, 0.1) is 0 Å². The summed E-state index contributed by atoms with van der Waals surface area (Å²) in [7, 11) is 0. The Morgan fingerprint density at radius 2 is 1.56 bits per heavy atom. The molecule has 2 aromatic rings. The number of phenolic OH excluding ortho intramolecular Hbond substituents is 1. The van der Waals surface area contributed by atoms with Gasteiger partial charge in [0.2, 0.25) is 0 Å². The van der Waals surface area contributed by atoms with E-state index in [2.05, 4.69) is 46.3 Å². The zero-order valence-electron chi connectivity index (χ0n) is 10.2. The van der Waals surface area contributed by atoms with Crippen LogP contribution in [0.2, 0.25) is 0 Å². The molecule has 18 heavy (non-hydrogen) atoms. The molecule has 0 aliphatic carbocycles. The third-order valence-corrected chi connectivity index (χ3v) is 3.94. The van der Waals surface area contributed by atoms with Crippen LogP contribution in [0, 0.1) is 5.92 Å². The fourth-order valence-corrected chi connectivity index (χ4v) is 2.60. The average Bonchev–Trinajstić information content (AvgIpc) is 2.39. The summed E-state index contributed by atoms with van der Waals surface area (Å²) in [5.74, 6) is 0.898. The maximum Gasteiger partial charge on any atom is 0.115 e. The normalized spacial score (nSPS) is 12.3. The average molecular weight is 305 g/mol. The molecule has 94 valence electrons. The molecule has 0 aromatic heterocycles. The van der Waals surface area contributed by atoms with E-state index < -0.39 is 0 Å². The van der Waals surface area contributed by atoms with Crippen molar-refractivity contribution in [2.24, 2.45) is 5.92 Å². The van der Waals surface area contributed by atoms with Crippen LogP contribution in [0.5, 0.6) is 5.75 Å². The maximum absolute atomic E-state index is 9.48. The van der Waals surface area contributed by atoms with Gasteiger partial charge < -0.3 is 5.11 Å². The van der Waals surface area contributed by atoms with Gasteiger partial charge in [0.25, 0.3) is 0 Å². The highest BCUT2D eigenvalue weighted by atomic mass is 79.9. The van der Waals surface area contributed by atoms with Crippen LogP contribution in [0.1, 0.15) is 11.1 Å². The monoisotopic (exact) mass is 304 g/mol. The minimum Gasteiger partial charge on any atom is -0.508 e. The fraction of sp³-hybridized carbons (Fsp3) is 0.250. The lowest BCUT2D eigenvalue weighted by molar-refractivity contribution is 0.473. The summed E-state index contributed by atoms with van der Waals surface area (Å²) in [6.07, 6.45) is 2.04. The summed E-state index contributed by atoms with van der Waals surface area (Å²) in [6.45, 7) is 0. The topological polar surface area (TPSA) is 20.2 Å². The van der Waals surface area contributed by atoms with Crippen LogP contribution in [0.25, 0.3) is 0 Å². The van der Waals surface area contributed by atoms with Crippen LogP contribution >= 0.6 is 15.9 Å². The van der Waals surface area contributed by atoms with Gasteiger partial charge >= 0.3 is 0 Å². The van der Waals surface area contributed by atoms with E-state index >= 15 is 0 Å². The van der Waals surface area contributed by atoms with Gasteiger partial charge in [0, 0.05) is 5.33 Å². The number of phenols is 1. The molecular weight excluding hydrogens is 288 g/mol. The van der Waals surface area contributed by atoms with E-state index in [1.54, 1.807) is 6.07 Å². The molecule has 1 unspecified atom stereocenters. The quantitative estimate of drug-likeness (QED) is 0.821. The number of rotatable bonds is 5. The molecule has 0 amide bonds. The highest BCUT2D eigenvalue weighted by molar-refractivity contribution is 9.09. The van der Waals surface area contributed by atoms with Crippen LogP contribution in [0.15, 0.2) is 54.6 Å². The van der Waals surface area contributed by atoms with Gasteiger partial charge in [-0.15, -0.1) is 0 Å². The second kappa shape index (κ2) is 6.60. The van der Waals surface area contributed by atoms with E-state index in [-0.39, 0.29) is 0 Å². The summed E-state index contributed by atoms with van der Waals surface area (Å²) in [5.41, 5.74) is 2.55. The number of benzene rings is 2. The highest BCUT2D eigenvalue weighted by Crippen LogP contribution is 2.19. The van der Waals surface area contributed by atoms with Gasteiger partial charge in [0.1, 0.15) is 5.75 Å². The predicted octanol–water partition coefficient (Wildman–Crippen LogP) is 4.19. The summed E-state index contributed by atoms with van der Waals surface area (Å²) in [5, 5.41) is 10.4. The Labute approximate surface area is 117 Å². The molecule has 0 fully saturated rings. The molecule has 2 heteroatoms. The van der Waals surface area contributed by atoms with Crippen molar-refractivity contribution < 1.29 is 5.11 Å². The third kappa shape index (κ3) is 3.88. The smallest absolute Gasteiger partial charge is 0.115 e. The Hall–Kier alpha value is -1.28. The molecule has 1 nitrogen and oxygen atoms in total. The highest BCUT2D eigenvalue weighted by Gasteiger charge is 2.09. The lowest BCUT2D eigenvalue weighted by atomic mass is 9.94. The predicted molar refractivity (Wildman–Crippen MR) is 79.2 cm³/mol. The Bertz CT molecular complexity index is 481. The van der Waals surface area contributed by atoms with E-state index in [0.29, 0.717) is 11.7 Å². The van der Waals surface area contributed by atoms with Crippen molar-refractivity contribution in [3.05, 3.63) is 65.7 Å². The zero-order chi connectivity index (χ0) is 12.8. The minimum absolute atomic E-state index is 0.348. The second-order valence-corrected chi connectivity index (χ2v) is 5.23. The molecule has 0 saturated carbocycles. The molecular formula is C16H17BrO. The summed E-state index contributed by atoms with van der Waals surface area (Å²) >= 11 is 3.59. The fourth-order valence-electron chi connectivity index (χ4n) is 2.15. The van der Waals surface area contributed by atoms with E-state index in [0.717, 1.165) is 18.2 Å². The van der Waals surface area contributed by atoms with Crippen molar-refractivity contribution in [2.75, 3.05) is 5.33 Å². The van der Waals surface area contributed by atoms with Gasteiger partial charge in [-0.05, 0) is 42.0 Å². The molecule has 0 spiro atoms. The van der Waals surface area contributed by atoms with Crippen LogP contribution in [0.4, 0.5) is 0 Å². The van der Waals surface area contributed by atoms with Crippen LogP contribution in [-0.2, 0) is 12.8 Å². The molecule has 0 aliphatic rings. The number of hydrogen-bond acceptors (Lipinski definition) is 1. The molecule has 0 aliphatic heterocycles. The van der Waals surface area contributed by atoms with Crippen LogP contribution in [0.3, 0.4) is 0 Å². The summed E-state index contributed by atoms with van der Waals surface area (Å²) in [6, 6.07) is 18.1. The van der Waals surface area contributed by atoms with E-state index in [4.69, 9.17) is 0 Å². The molecule has 2 rings (SSSR count). The van der Waals surface area contributed by atoms with Gasteiger partial charge in [0.15, 0.2) is 0 Å². The first-order valence-electron chi connectivity index (χ1n) is 6.15. The Morgan fingerprint density at radius 3 is 2.22 bits per heavy atom. The first-order chi connectivity index (χ1) is 8.78. The first-order valence-corrected chi connectivity index (χ1v) is 7.28. The molecule has 2 aromatic carbocycles. The zero-order valence-corrected chi connectivity index (χ0v) is 11.8. The van der Waals surface area contributed by atoms with Crippen molar-refractivity contribution in [3.63, 3.8) is 0 Å². The molecule has 0 heterocycles. The number of alkyl halides is 1. The molecule has 0 radical (unpaired) electrons. The lowest BCUT2D eigenvalue weighted by Gasteiger charge is -2.14. The minimum atomic E-state index is 0.348. The lowest BCUT2D eigenvalue weighted by Crippen LogP contribution is -2.09. The SMILES string of the molecule is Oc1cccc(CC(CBr)Cc2ccccc2)c1. The largest absolute Gasteiger partial charge is 0.508 e. The van der Waals surface area contributed by atoms with Crippen molar-refractivity contribution in [1.82, 2.24) is 0 Å². The summed E-state index contributed by atoms with van der Waals surface area (Å²) in [4.78, 5) is 0. The van der Waals surface area contributed by atoms with E-state index in [1.807, 2.05) is 18.2 Å². The number of halogens is 1. The van der Waals surface area contributed by atoms with Crippen molar-refractivity contribution in [2.45, 2.75) is 12.8 Å². The summed E-state index contributed by atoms with van der Waals surface area (Å²) < 4.78 is 0. The van der Waals surface area contributed by atoms with Gasteiger partial charge in [-0.2, -0.15) is 0 Å². The van der Waals surface area contributed by atoms with Crippen LogP contribution in [-0.4, -0.2) is 10.4 Å². The number of aromatic hydroxyl groups is 1. The van der Waals surface area contributed by atoms with Gasteiger partial charge in [-0.25, -0.2) is 0 Å². The molecule has 1 N–H and O–H groups in total. The first kappa shape index (κ1) is 13.2. The van der Waals surface area contributed by atoms with Gasteiger partial charge in [-0.1, -0.05) is 58.4 Å². The molecule has 1 atom stereocenters. The molecule has 0 saturated heterocycles. The van der Waals surface area contributed by atoms with E-state index in [9.17, 15) is 5.11 Å². The Kier molecular flexibility index (Phi) is 4.82. The maximum atomic E-state index is 9.48. The van der Waals surface area contributed by atoms with Crippen molar-refractivity contribution in [3.8, 4) is 5.75 Å².